The summed E-state index contributed by atoms with van der Waals surface area (Å²) in [5.74, 6) is -2.13. The number of methoxy groups -OCH3 is 1. The maximum Gasteiger partial charge on any atom is 0.407 e. The van der Waals surface area contributed by atoms with E-state index in [-0.39, 0.29) is 12.5 Å². The standard InChI is InChI=1S/C31H27IN4O8/c1-43-26-11-10-18(32)14-25(26)35-13-12-27(37)36(31(35)42)17-33-29(40)24(15-28(38)39)34-30(41)44-16-23-21-8-4-2-6-19(21)20-7-3-5-9-22(20)23/h2-14,23-24H,15-17H2,1H3,(H,33,40)(H,34,41)(H,38,39)/t24-/m0/s1. The largest absolute Gasteiger partial charge is 0.495 e. The Labute approximate surface area is 264 Å². The lowest BCUT2D eigenvalue weighted by Gasteiger charge is -2.19. The highest BCUT2D eigenvalue weighted by Crippen LogP contribution is 2.44. The summed E-state index contributed by atoms with van der Waals surface area (Å²) in [6.07, 6.45) is -0.454. The monoisotopic (exact) mass is 710 g/mol. The Morgan fingerprint density at radius 1 is 0.977 bits per heavy atom. The molecule has 0 fully saturated rings. The number of aliphatic carboxylic acids is 1. The molecule has 1 heterocycles. The molecule has 0 aliphatic heterocycles. The molecular formula is C31H27IN4O8. The highest BCUT2D eigenvalue weighted by molar-refractivity contribution is 14.1. The molecule has 0 spiro atoms. The summed E-state index contributed by atoms with van der Waals surface area (Å²) in [6, 6.07) is 20.3. The van der Waals surface area contributed by atoms with Gasteiger partial charge in [0.25, 0.3) is 5.56 Å². The summed E-state index contributed by atoms with van der Waals surface area (Å²) >= 11 is 2.07. The first-order valence-corrected chi connectivity index (χ1v) is 14.5. The van der Waals surface area contributed by atoms with Crippen molar-refractivity contribution in [2.45, 2.75) is 25.0 Å². The average Bonchev–Trinajstić information content (AvgIpc) is 3.33. The van der Waals surface area contributed by atoms with Crippen molar-refractivity contribution in [3.05, 3.63) is 115 Å². The minimum atomic E-state index is -1.54. The fourth-order valence-corrected chi connectivity index (χ4v) is 5.62. The number of amides is 2. The van der Waals surface area contributed by atoms with Gasteiger partial charge in [-0.3, -0.25) is 19.0 Å². The number of carboxylic acids is 1. The molecule has 0 saturated carbocycles. The first-order chi connectivity index (χ1) is 21.2. The maximum atomic E-state index is 13.2. The summed E-state index contributed by atoms with van der Waals surface area (Å²) < 4.78 is 13.6. The predicted molar refractivity (Wildman–Crippen MR) is 168 cm³/mol. The molecule has 5 rings (SSSR count). The van der Waals surface area contributed by atoms with E-state index in [1.807, 2.05) is 48.5 Å². The van der Waals surface area contributed by atoms with Gasteiger partial charge in [-0.2, -0.15) is 0 Å². The molecule has 4 aromatic rings. The molecule has 1 aromatic heterocycles. The molecular weight excluding hydrogens is 683 g/mol. The maximum absolute atomic E-state index is 13.2. The van der Waals surface area contributed by atoms with Crippen LogP contribution in [0.4, 0.5) is 4.79 Å². The van der Waals surface area contributed by atoms with E-state index in [9.17, 15) is 29.1 Å². The lowest BCUT2D eigenvalue weighted by molar-refractivity contribution is -0.139. The van der Waals surface area contributed by atoms with E-state index in [1.165, 1.54) is 17.9 Å². The van der Waals surface area contributed by atoms with Gasteiger partial charge in [-0.05, 0) is 63.0 Å². The first kappa shape index (κ1) is 30.5. The van der Waals surface area contributed by atoms with Crippen molar-refractivity contribution in [2.24, 2.45) is 0 Å². The quantitative estimate of drug-likeness (QED) is 0.212. The van der Waals surface area contributed by atoms with Crippen LogP contribution >= 0.6 is 22.6 Å². The number of ether oxygens (including phenoxy) is 2. The van der Waals surface area contributed by atoms with Crippen LogP contribution in [0.5, 0.6) is 5.75 Å². The van der Waals surface area contributed by atoms with E-state index in [0.29, 0.717) is 11.4 Å². The lowest BCUT2D eigenvalue weighted by Crippen LogP contribution is -2.50. The van der Waals surface area contributed by atoms with Crippen molar-refractivity contribution in [3.63, 3.8) is 0 Å². The number of benzene rings is 3. The van der Waals surface area contributed by atoms with Gasteiger partial charge in [0.05, 0.1) is 19.2 Å². The fraction of sp³-hybridized carbons (Fsp3) is 0.194. The van der Waals surface area contributed by atoms with Gasteiger partial charge in [-0.15, -0.1) is 0 Å². The summed E-state index contributed by atoms with van der Waals surface area (Å²) in [5.41, 5.74) is 2.97. The van der Waals surface area contributed by atoms with Gasteiger partial charge < -0.3 is 25.2 Å². The number of nitrogens with zero attached hydrogens (tertiary/aromatic N) is 2. The molecule has 0 saturated heterocycles. The first-order valence-electron chi connectivity index (χ1n) is 13.5. The van der Waals surface area contributed by atoms with Crippen molar-refractivity contribution in [1.29, 1.82) is 0 Å². The molecule has 13 heteroatoms. The number of nitrogens with one attached hydrogen (secondary N) is 2. The molecule has 44 heavy (non-hydrogen) atoms. The normalized spacial score (nSPS) is 12.5. The third-order valence-electron chi connectivity index (χ3n) is 7.21. The Bertz CT molecular complexity index is 1820. The predicted octanol–water partition coefficient (Wildman–Crippen LogP) is 3.07. The van der Waals surface area contributed by atoms with Crippen molar-refractivity contribution < 1.29 is 29.0 Å². The Balaban J connectivity index is 1.28. The van der Waals surface area contributed by atoms with E-state index >= 15 is 0 Å². The van der Waals surface area contributed by atoms with Crippen LogP contribution in [0.1, 0.15) is 23.5 Å². The van der Waals surface area contributed by atoms with E-state index in [2.05, 4.69) is 33.2 Å². The van der Waals surface area contributed by atoms with E-state index in [0.717, 1.165) is 36.5 Å². The highest BCUT2D eigenvalue weighted by Gasteiger charge is 2.30. The number of fused-ring (bicyclic) bond motifs is 3. The zero-order chi connectivity index (χ0) is 31.4. The van der Waals surface area contributed by atoms with Crippen LogP contribution in [0, 0.1) is 3.57 Å². The third kappa shape index (κ3) is 6.37. The second-order valence-electron chi connectivity index (χ2n) is 9.87. The number of aromatic nitrogens is 2. The van der Waals surface area contributed by atoms with Crippen LogP contribution in [0.25, 0.3) is 16.8 Å². The summed E-state index contributed by atoms with van der Waals surface area (Å²) in [7, 11) is 1.44. The lowest BCUT2D eigenvalue weighted by atomic mass is 9.98. The fourth-order valence-electron chi connectivity index (χ4n) is 5.14. The molecule has 0 bridgehead atoms. The van der Waals surface area contributed by atoms with Crippen molar-refractivity contribution in [2.75, 3.05) is 13.7 Å². The number of hydrogen-bond acceptors (Lipinski definition) is 7. The molecule has 0 radical (unpaired) electrons. The number of halogens is 1. The zero-order valence-corrected chi connectivity index (χ0v) is 25.5. The Hall–Kier alpha value is -4.92. The molecule has 1 aliphatic carbocycles. The Kier molecular flexibility index (Phi) is 9.13. The van der Waals surface area contributed by atoms with E-state index in [1.54, 1.807) is 18.2 Å². The number of carbonyl (C=O) groups excluding carboxylic acids is 2. The molecule has 12 nitrogen and oxygen atoms in total. The van der Waals surface area contributed by atoms with E-state index < -0.39 is 48.4 Å². The van der Waals surface area contributed by atoms with Gasteiger partial charge >= 0.3 is 17.8 Å². The smallest absolute Gasteiger partial charge is 0.407 e. The molecule has 2 amide bonds. The Morgan fingerprint density at radius 3 is 2.27 bits per heavy atom. The van der Waals surface area contributed by atoms with Crippen molar-refractivity contribution in [3.8, 4) is 22.6 Å². The minimum Gasteiger partial charge on any atom is -0.495 e. The Morgan fingerprint density at radius 2 is 1.64 bits per heavy atom. The number of hydrogen-bond donors (Lipinski definition) is 3. The highest BCUT2D eigenvalue weighted by atomic mass is 127. The van der Waals surface area contributed by atoms with Gasteiger partial charge in [-0.1, -0.05) is 48.5 Å². The van der Waals surface area contributed by atoms with Crippen molar-refractivity contribution >= 4 is 40.6 Å². The summed E-state index contributed by atoms with van der Waals surface area (Å²) in [6.45, 7) is -0.617. The van der Waals surface area contributed by atoms with Gasteiger partial charge in [0.15, 0.2) is 0 Å². The molecule has 1 atom stereocenters. The van der Waals surface area contributed by atoms with E-state index in [4.69, 9.17) is 9.47 Å². The third-order valence-corrected chi connectivity index (χ3v) is 7.88. The number of carbonyl (C=O) groups is 3. The topological polar surface area (TPSA) is 158 Å². The van der Waals surface area contributed by atoms with Gasteiger partial charge in [0.2, 0.25) is 5.91 Å². The summed E-state index contributed by atoms with van der Waals surface area (Å²) in [5, 5.41) is 14.1. The number of rotatable bonds is 10. The van der Waals surface area contributed by atoms with Gasteiger partial charge in [0.1, 0.15) is 25.1 Å². The second kappa shape index (κ2) is 13.2. The number of alkyl carbamates (subject to hydrolysis) is 1. The molecule has 1 aliphatic rings. The average molecular weight is 710 g/mol. The molecule has 226 valence electrons. The molecule has 3 aromatic carbocycles. The van der Waals surface area contributed by atoms with Crippen LogP contribution in [-0.4, -0.2) is 52.0 Å². The van der Waals surface area contributed by atoms with Crippen LogP contribution in [0.2, 0.25) is 0 Å². The molecule has 3 N–H and O–H groups in total. The van der Waals surface area contributed by atoms with Crippen LogP contribution in [0.3, 0.4) is 0 Å². The minimum absolute atomic E-state index is 0.0396. The van der Waals surface area contributed by atoms with Gasteiger partial charge in [-0.25, -0.2) is 14.2 Å². The number of carboxylic acid groups (broad SMARTS) is 1. The summed E-state index contributed by atoms with van der Waals surface area (Å²) in [4.78, 5) is 63.1. The van der Waals surface area contributed by atoms with Crippen molar-refractivity contribution in [1.82, 2.24) is 19.8 Å². The second-order valence-corrected chi connectivity index (χ2v) is 11.1. The van der Waals surface area contributed by atoms with Crippen LogP contribution in [-0.2, 0) is 21.0 Å². The van der Waals surface area contributed by atoms with Crippen LogP contribution in [0.15, 0.2) is 88.6 Å². The zero-order valence-electron chi connectivity index (χ0n) is 23.4. The van der Waals surface area contributed by atoms with Gasteiger partial charge in [0, 0.05) is 21.8 Å². The van der Waals surface area contributed by atoms with Crippen LogP contribution < -0.4 is 26.6 Å². The molecule has 0 unspecified atom stereocenters. The SMILES string of the molecule is COc1ccc(I)cc1-n1ccc(=O)n(CNC(=O)[C@H](CC(=O)O)NC(=O)OCC2c3ccccc3-c3ccccc32)c1=O.